The standard InChI is InChI=1S/C22H27N3OS/c1-4-6-21(19-10-8-18(9-11-19)7-5-13-26)25(3)17(2)20(16-23)15-22-24-12-14-27-22/h8-11,13,15,21H,2,4-7,12,14H2,1,3H3/b20-15+. The van der Waals surface area contributed by atoms with Crippen LogP contribution >= 0.6 is 11.8 Å². The molecule has 142 valence electrons. The molecule has 0 amide bonds. The van der Waals surface area contributed by atoms with Crippen LogP contribution in [0.4, 0.5) is 0 Å². The van der Waals surface area contributed by atoms with Gasteiger partial charge in [-0.2, -0.15) is 5.26 Å². The minimum atomic E-state index is 0.151. The minimum absolute atomic E-state index is 0.151. The van der Waals surface area contributed by atoms with E-state index in [1.807, 2.05) is 13.1 Å². The molecule has 1 heterocycles. The Morgan fingerprint density at radius 2 is 2.19 bits per heavy atom. The highest BCUT2D eigenvalue weighted by Crippen LogP contribution is 2.30. The van der Waals surface area contributed by atoms with E-state index in [-0.39, 0.29) is 6.04 Å². The van der Waals surface area contributed by atoms with Crippen LogP contribution in [0, 0.1) is 11.3 Å². The molecule has 1 aromatic carbocycles. The zero-order valence-electron chi connectivity index (χ0n) is 16.1. The topological polar surface area (TPSA) is 56.5 Å². The Balaban J connectivity index is 2.19. The summed E-state index contributed by atoms with van der Waals surface area (Å²) in [7, 11) is 2.00. The monoisotopic (exact) mass is 381 g/mol. The van der Waals surface area contributed by atoms with Crippen molar-refractivity contribution < 1.29 is 4.79 Å². The van der Waals surface area contributed by atoms with E-state index >= 15 is 0 Å². The normalized spacial score (nSPS) is 15.0. The number of nitrogens with zero attached hydrogens (tertiary/aromatic N) is 3. The first kappa shape index (κ1) is 21.0. The Bertz CT molecular complexity index is 759. The minimum Gasteiger partial charge on any atom is -0.367 e. The van der Waals surface area contributed by atoms with Crippen molar-refractivity contribution in [2.45, 2.75) is 38.6 Å². The van der Waals surface area contributed by atoms with Crippen molar-refractivity contribution in [2.24, 2.45) is 4.99 Å². The van der Waals surface area contributed by atoms with Crippen LogP contribution in [-0.2, 0) is 11.2 Å². The first-order valence-corrected chi connectivity index (χ1v) is 10.3. The zero-order valence-corrected chi connectivity index (χ0v) is 17.0. The second kappa shape index (κ2) is 10.7. The van der Waals surface area contributed by atoms with Gasteiger partial charge in [-0.25, -0.2) is 0 Å². The largest absolute Gasteiger partial charge is 0.367 e. The van der Waals surface area contributed by atoms with Gasteiger partial charge in [-0.05, 0) is 30.0 Å². The summed E-state index contributed by atoms with van der Waals surface area (Å²) < 4.78 is 0. The number of allylic oxidation sites excluding steroid dienone is 1. The highest BCUT2D eigenvalue weighted by Gasteiger charge is 2.20. The van der Waals surface area contributed by atoms with E-state index in [4.69, 9.17) is 0 Å². The van der Waals surface area contributed by atoms with Crippen molar-refractivity contribution in [3.05, 3.63) is 59.3 Å². The number of hydrogen-bond donors (Lipinski definition) is 0. The van der Waals surface area contributed by atoms with Crippen LogP contribution in [0.1, 0.15) is 43.4 Å². The van der Waals surface area contributed by atoms with Gasteiger partial charge < -0.3 is 9.69 Å². The number of carbonyl (C=O) groups excluding carboxylic acids is 1. The molecule has 4 nitrogen and oxygen atoms in total. The quantitative estimate of drug-likeness (QED) is 0.335. The Morgan fingerprint density at radius 3 is 2.74 bits per heavy atom. The van der Waals surface area contributed by atoms with E-state index < -0.39 is 0 Å². The lowest BCUT2D eigenvalue weighted by atomic mass is 9.97. The molecule has 0 saturated carbocycles. The number of benzene rings is 1. The molecule has 0 fully saturated rings. The number of aryl methyl sites for hydroxylation is 1. The van der Waals surface area contributed by atoms with E-state index in [0.29, 0.717) is 12.0 Å². The van der Waals surface area contributed by atoms with Crippen molar-refractivity contribution in [3.63, 3.8) is 0 Å². The van der Waals surface area contributed by atoms with Gasteiger partial charge in [0.25, 0.3) is 0 Å². The molecule has 2 rings (SSSR count). The Hall–Kier alpha value is -2.32. The van der Waals surface area contributed by atoms with E-state index in [2.05, 4.69) is 53.7 Å². The van der Waals surface area contributed by atoms with Gasteiger partial charge in [0, 0.05) is 31.5 Å². The molecule has 5 heteroatoms. The molecule has 1 aromatic rings. The van der Waals surface area contributed by atoms with Crippen LogP contribution in [-0.4, -0.2) is 35.6 Å². The number of nitriles is 1. The van der Waals surface area contributed by atoms with Gasteiger partial charge in [-0.1, -0.05) is 44.2 Å². The molecule has 1 atom stereocenters. The molecule has 0 saturated heterocycles. The van der Waals surface area contributed by atoms with Gasteiger partial charge in [0.1, 0.15) is 12.4 Å². The number of aldehydes is 1. The van der Waals surface area contributed by atoms with Crippen molar-refractivity contribution in [1.82, 2.24) is 4.90 Å². The third kappa shape index (κ3) is 5.83. The lowest BCUT2D eigenvalue weighted by molar-refractivity contribution is -0.107. The molecule has 0 radical (unpaired) electrons. The number of hydrogen-bond acceptors (Lipinski definition) is 5. The van der Waals surface area contributed by atoms with Crippen molar-refractivity contribution in [2.75, 3.05) is 19.3 Å². The molecular weight excluding hydrogens is 354 g/mol. The van der Waals surface area contributed by atoms with Crippen molar-refractivity contribution in [1.29, 1.82) is 5.26 Å². The summed E-state index contributed by atoms with van der Waals surface area (Å²) in [4.78, 5) is 17.1. The second-order valence-electron chi connectivity index (χ2n) is 6.55. The highest BCUT2D eigenvalue weighted by molar-refractivity contribution is 8.14. The number of carbonyl (C=O) groups is 1. The predicted octanol–water partition coefficient (Wildman–Crippen LogP) is 4.70. The summed E-state index contributed by atoms with van der Waals surface area (Å²) in [6.07, 6.45) is 6.12. The molecule has 1 aliphatic heterocycles. The van der Waals surface area contributed by atoms with Crippen LogP contribution in [0.3, 0.4) is 0 Å². The van der Waals surface area contributed by atoms with Gasteiger partial charge in [0.05, 0.1) is 16.7 Å². The third-order valence-corrected chi connectivity index (χ3v) is 5.61. The Morgan fingerprint density at radius 1 is 1.44 bits per heavy atom. The molecule has 1 aliphatic rings. The SMILES string of the molecule is C=C(/C(C#N)=C/C1=NCCS1)N(C)C(CCC)c1ccc(CCC=O)cc1. The number of likely N-dealkylation sites (N-methyl/N-ethyl adjacent to an activating group) is 1. The summed E-state index contributed by atoms with van der Waals surface area (Å²) in [5, 5.41) is 10.5. The Labute approximate surface area is 166 Å². The zero-order chi connectivity index (χ0) is 19.6. The third-order valence-electron chi connectivity index (χ3n) is 4.68. The lowest BCUT2D eigenvalue weighted by Crippen LogP contribution is -2.24. The van der Waals surface area contributed by atoms with Crippen molar-refractivity contribution in [3.8, 4) is 6.07 Å². The average molecular weight is 382 g/mol. The maximum absolute atomic E-state index is 10.6. The molecule has 0 aliphatic carbocycles. The summed E-state index contributed by atoms with van der Waals surface area (Å²) in [6.45, 7) is 7.16. The molecular formula is C22H27N3OS. The molecule has 0 spiro atoms. The number of rotatable bonds is 10. The van der Waals surface area contributed by atoms with E-state index in [1.165, 1.54) is 5.56 Å². The number of aliphatic imine (C=N–C) groups is 1. The summed E-state index contributed by atoms with van der Waals surface area (Å²) >= 11 is 1.68. The van der Waals surface area contributed by atoms with E-state index in [9.17, 15) is 10.1 Å². The summed E-state index contributed by atoms with van der Waals surface area (Å²) in [6, 6.07) is 10.9. The van der Waals surface area contributed by atoms with Gasteiger partial charge >= 0.3 is 0 Å². The maximum Gasteiger partial charge on any atom is 0.120 e. The summed E-state index contributed by atoms with van der Waals surface area (Å²) in [5.74, 6) is 0.974. The number of thioether (sulfide) groups is 1. The Kier molecular flexibility index (Phi) is 8.35. The van der Waals surface area contributed by atoms with Crippen molar-refractivity contribution >= 4 is 23.1 Å². The first-order valence-electron chi connectivity index (χ1n) is 9.34. The fraction of sp³-hybridized carbons (Fsp3) is 0.409. The fourth-order valence-corrected chi connectivity index (χ4v) is 3.89. The lowest BCUT2D eigenvalue weighted by Gasteiger charge is -2.32. The predicted molar refractivity (Wildman–Crippen MR) is 114 cm³/mol. The van der Waals surface area contributed by atoms with Crippen LogP contribution in [0.25, 0.3) is 0 Å². The van der Waals surface area contributed by atoms with E-state index in [0.717, 1.165) is 54.2 Å². The summed E-state index contributed by atoms with van der Waals surface area (Å²) in [5.41, 5.74) is 3.64. The first-order chi connectivity index (χ1) is 13.1. The molecule has 0 N–H and O–H groups in total. The second-order valence-corrected chi connectivity index (χ2v) is 7.66. The van der Waals surface area contributed by atoms with Crippen LogP contribution in [0.2, 0.25) is 0 Å². The smallest absolute Gasteiger partial charge is 0.120 e. The van der Waals surface area contributed by atoms with Crippen LogP contribution in [0.15, 0.2) is 53.2 Å². The van der Waals surface area contributed by atoms with Crippen LogP contribution in [0.5, 0.6) is 0 Å². The van der Waals surface area contributed by atoms with Gasteiger partial charge in [-0.15, -0.1) is 11.8 Å². The van der Waals surface area contributed by atoms with Gasteiger partial charge in [0.15, 0.2) is 0 Å². The molecule has 0 aromatic heterocycles. The molecule has 1 unspecified atom stereocenters. The molecule has 0 bridgehead atoms. The average Bonchev–Trinajstić information content (AvgIpc) is 3.21. The van der Waals surface area contributed by atoms with Gasteiger partial charge in [0.2, 0.25) is 0 Å². The maximum atomic E-state index is 10.6. The highest BCUT2D eigenvalue weighted by atomic mass is 32.2. The van der Waals surface area contributed by atoms with Gasteiger partial charge in [-0.3, -0.25) is 4.99 Å². The van der Waals surface area contributed by atoms with Crippen LogP contribution < -0.4 is 0 Å². The fourth-order valence-electron chi connectivity index (χ4n) is 3.11. The van der Waals surface area contributed by atoms with E-state index in [1.54, 1.807) is 11.8 Å². The molecule has 27 heavy (non-hydrogen) atoms.